The van der Waals surface area contributed by atoms with E-state index < -0.39 is 9.52 Å². The van der Waals surface area contributed by atoms with Crippen LogP contribution in [-0.2, 0) is 19.1 Å². The van der Waals surface area contributed by atoms with Crippen molar-refractivity contribution in [2.24, 2.45) is 0 Å². The van der Waals surface area contributed by atoms with Gasteiger partial charge in [0.25, 0.3) is 0 Å². The quantitative estimate of drug-likeness (QED) is 0.649. The summed E-state index contributed by atoms with van der Waals surface area (Å²) >= 11 is 0. The van der Waals surface area contributed by atoms with E-state index >= 15 is 0 Å². The van der Waals surface area contributed by atoms with Crippen LogP contribution in [0.15, 0.2) is 0 Å². The third-order valence-corrected chi connectivity index (χ3v) is 2.76. The number of likely N-dealkylation sites (N-methyl/N-ethyl adjacent to an activating group) is 1. The van der Waals surface area contributed by atoms with Gasteiger partial charge in [0.15, 0.2) is 5.78 Å². The van der Waals surface area contributed by atoms with Gasteiger partial charge in [0.2, 0.25) is 0 Å². The summed E-state index contributed by atoms with van der Waals surface area (Å²) in [4.78, 5) is 22.4. The second-order valence-electron chi connectivity index (χ2n) is 3.88. The number of carbonyl (C=O) groups is 2. The Morgan fingerprint density at radius 1 is 1.40 bits per heavy atom. The Morgan fingerprint density at radius 3 is 2.27 bits per heavy atom. The average molecular weight is 233 g/mol. The molecule has 0 aromatic carbocycles. The Labute approximate surface area is 91.4 Å². The summed E-state index contributed by atoms with van der Waals surface area (Å²) in [5.41, 5.74) is 0. The second kappa shape index (κ2) is 6.02. The van der Waals surface area contributed by atoms with Crippen LogP contribution in [0.5, 0.6) is 0 Å². The molecule has 0 spiro atoms. The third-order valence-electron chi connectivity index (χ3n) is 1.93. The van der Waals surface area contributed by atoms with Crippen LogP contribution >= 0.6 is 0 Å². The van der Waals surface area contributed by atoms with Crippen LogP contribution < -0.4 is 5.32 Å². The number of hydrogen-bond acceptors (Lipinski definition) is 4. The molecule has 0 amide bonds. The molecule has 0 aromatic heterocycles. The predicted molar refractivity (Wildman–Crippen MR) is 63.8 cm³/mol. The average Bonchev–Trinajstić information content (AvgIpc) is 2.01. The Balaban J connectivity index is 4.23. The van der Waals surface area contributed by atoms with Gasteiger partial charge >= 0.3 is 0 Å². The predicted octanol–water partition coefficient (Wildman–Crippen LogP) is -0.141. The lowest BCUT2D eigenvalue weighted by molar-refractivity contribution is -0.119. The summed E-state index contributed by atoms with van der Waals surface area (Å²) in [6.45, 7) is 1.48. The fraction of sp³-hybridized carbons (Fsp3) is 0.700. The molecule has 15 heavy (non-hydrogen) atoms. The molecule has 5 heteroatoms. The van der Waals surface area contributed by atoms with Gasteiger partial charge in [-0.3, -0.25) is 13.8 Å². The van der Waals surface area contributed by atoms with E-state index in [9.17, 15) is 13.8 Å². The van der Waals surface area contributed by atoms with Crippen LogP contribution in [0.25, 0.3) is 0 Å². The topological polar surface area (TPSA) is 63.2 Å². The Bertz CT molecular complexity index is 346. The lowest BCUT2D eigenvalue weighted by atomic mass is 10.1. The molecule has 0 unspecified atom stereocenters. The summed E-state index contributed by atoms with van der Waals surface area (Å²) in [7, 11) is -0.445. The third kappa shape index (κ3) is 7.27. The number of rotatable bonds is 6. The SMILES string of the molecule is CN[C@@H](CCC(=O)C=S(C)(C)=O)C(C)=O. The summed E-state index contributed by atoms with van der Waals surface area (Å²) in [6, 6.07) is -0.285. The summed E-state index contributed by atoms with van der Waals surface area (Å²) in [5, 5.41) is 4.08. The van der Waals surface area contributed by atoms with E-state index in [2.05, 4.69) is 5.32 Å². The minimum absolute atomic E-state index is 0.0130. The monoisotopic (exact) mass is 233 g/mol. The molecule has 0 aliphatic rings. The maximum absolute atomic E-state index is 11.3. The van der Waals surface area contributed by atoms with Gasteiger partial charge in [0, 0.05) is 24.3 Å². The van der Waals surface area contributed by atoms with E-state index in [0.29, 0.717) is 6.42 Å². The van der Waals surface area contributed by atoms with E-state index in [0.717, 1.165) is 0 Å². The van der Waals surface area contributed by atoms with E-state index in [1.807, 2.05) is 0 Å². The van der Waals surface area contributed by atoms with Gasteiger partial charge in [-0.05, 0) is 29.9 Å². The first-order valence-electron chi connectivity index (χ1n) is 4.75. The van der Waals surface area contributed by atoms with E-state index in [-0.39, 0.29) is 24.0 Å². The molecule has 0 fully saturated rings. The molecule has 4 nitrogen and oxygen atoms in total. The summed E-state index contributed by atoms with van der Waals surface area (Å²) in [6.07, 6.45) is 3.75. The fourth-order valence-electron chi connectivity index (χ4n) is 1.21. The van der Waals surface area contributed by atoms with E-state index in [1.54, 1.807) is 7.05 Å². The lowest BCUT2D eigenvalue weighted by Gasteiger charge is -2.10. The van der Waals surface area contributed by atoms with Crippen molar-refractivity contribution in [1.82, 2.24) is 5.32 Å². The van der Waals surface area contributed by atoms with Gasteiger partial charge < -0.3 is 5.32 Å². The maximum atomic E-state index is 11.3. The van der Waals surface area contributed by atoms with Crippen molar-refractivity contribution < 1.29 is 13.8 Å². The van der Waals surface area contributed by atoms with Crippen molar-refractivity contribution in [3.63, 3.8) is 0 Å². The highest BCUT2D eigenvalue weighted by Crippen LogP contribution is 1.98. The molecule has 0 aromatic rings. The molecule has 1 atom stereocenters. The molecule has 0 rings (SSSR count). The Kier molecular flexibility index (Phi) is 5.75. The lowest BCUT2D eigenvalue weighted by Crippen LogP contribution is -2.32. The molecule has 88 valence electrons. The standard InChI is InChI=1S/C10H19NO3S/c1-8(12)10(11-2)6-5-9(13)7-15(3,4)14/h7,10-11H,5-6H2,1-4H3/t10-/m0/s1. The summed E-state index contributed by atoms with van der Waals surface area (Å²) in [5.74, 6) is -0.148. The van der Waals surface area contributed by atoms with Gasteiger partial charge in [0.1, 0.15) is 5.78 Å². The smallest absolute Gasteiger partial charge is 0.163 e. The maximum Gasteiger partial charge on any atom is 0.163 e. The highest BCUT2D eigenvalue weighted by Gasteiger charge is 2.12. The summed E-state index contributed by atoms with van der Waals surface area (Å²) < 4.78 is 11.3. The fourth-order valence-corrected chi connectivity index (χ4v) is 1.96. The molecular formula is C10H19NO3S. The van der Waals surface area contributed by atoms with Crippen molar-refractivity contribution in [2.75, 3.05) is 19.6 Å². The molecule has 0 heterocycles. The molecule has 0 aliphatic carbocycles. The van der Waals surface area contributed by atoms with Crippen LogP contribution in [-0.4, -0.2) is 46.7 Å². The van der Waals surface area contributed by atoms with Crippen LogP contribution in [0.1, 0.15) is 19.8 Å². The van der Waals surface area contributed by atoms with Crippen molar-refractivity contribution >= 4 is 26.5 Å². The zero-order chi connectivity index (χ0) is 12.1. The van der Waals surface area contributed by atoms with Gasteiger partial charge in [-0.15, -0.1) is 0 Å². The number of Topliss-reactive ketones (excluding diaryl/α,β-unsaturated/α-hetero) is 2. The number of nitrogens with one attached hydrogen (secondary N) is 1. The van der Waals surface area contributed by atoms with Crippen LogP contribution in [0.3, 0.4) is 0 Å². The van der Waals surface area contributed by atoms with Crippen molar-refractivity contribution in [3.05, 3.63) is 0 Å². The minimum atomic E-state index is -2.13. The molecule has 0 saturated carbocycles. The van der Waals surface area contributed by atoms with Gasteiger partial charge in [-0.25, -0.2) is 0 Å². The first kappa shape index (κ1) is 14.3. The largest absolute Gasteiger partial charge is 0.311 e. The van der Waals surface area contributed by atoms with Crippen LogP contribution in [0.2, 0.25) is 0 Å². The van der Waals surface area contributed by atoms with Gasteiger partial charge in [0.05, 0.1) is 6.04 Å². The van der Waals surface area contributed by atoms with Crippen LogP contribution in [0.4, 0.5) is 0 Å². The first-order valence-corrected chi connectivity index (χ1v) is 7.19. The zero-order valence-electron chi connectivity index (χ0n) is 9.70. The number of ketones is 2. The highest BCUT2D eigenvalue weighted by atomic mass is 32.2. The molecule has 1 N–H and O–H groups in total. The molecular weight excluding hydrogens is 214 g/mol. The highest BCUT2D eigenvalue weighted by molar-refractivity contribution is 8.01. The molecule has 0 aliphatic heterocycles. The van der Waals surface area contributed by atoms with Crippen molar-refractivity contribution in [1.29, 1.82) is 0 Å². The Morgan fingerprint density at radius 2 is 1.93 bits per heavy atom. The number of hydrogen-bond donors (Lipinski definition) is 1. The normalized spacial score (nSPS) is 13.3. The van der Waals surface area contributed by atoms with Gasteiger partial charge in [-0.2, -0.15) is 0 Å². The number of carbonyl (C=O) groups excluding carboxylic acids is 2. The molecule has 0 bridgehead atoms. The van der Waals surface area contributed by atoms with Crippen molar-refractivity contribution in [3.8, 4) is 0 Å². The van der Waals surface area contributed by atoms with E-state index in [4.69, 9.17) is 0 Å². The minimum Gasteiger partial charge on any atom is -0.311 e. The Hall–Kier alpha value is -0.680. The van der Waals surface area contributed by atoms with Gasteiger partial charge in [-0.1, -0.05) is 0 Å². The van der Waals surface area contributed by atoms with E-state index in [1.165, 1.54) is 24.8 Å². The first-order chi connectivity index (χ1) is 6.76. The second-order valence-corrected chi connectivity index (χ2v) is 6.74. The molecule has 0 radical (unpaired) electrons. The van der Waals surface area contributed by atoms with Crippen molar-refractivity contribution in [2.45, 2.75) is 25.8 Å². The van der Waals surface area contributed by atoms with Crippen LogP contribution in [0, 0.1) is 0 Å². The zero-order valence-corrected chi connectivity index (χ0v) is 10.5. The molecule has 0 saturated heterocycles.